The zero-order chi connectivity index (χ0) is 22.7. The molecule has 1 aliphatic carbocycles. The Morgan fingerprint density at radius 3 is 2.72 bits per heavy atom. The van der Waals surface area contributed by atoms with Crippen molar-refractivity contribution in [1.29, 1.82) is 0 Å². The topological polar surface area (TPSA) is 71.3 Å². The summed E-state index contributed by atoms with van der Waals surface area (Å²) >= 11 is 1.58. The number of carbonyl (C=O) groups excluding carboxylic acids is 2. The first-order valence-corrected chi connectivity index (χ1v) is 12.3. The van der Waals surface area contributed by atoms with Gasteiger partial charge >= 0.3 is 0 Å². The molecule has 32 heavy (non-hydrogen) atoms. The van der Waals surface area contributed by atoms with Crippen LogP contribution in [0.5, 0.6) is 0 Å². The van der Waals surface area contributed by atoms with Gasteiger partial charge in [-0.05, 0) is 46.5 Å². The number of amides is 2. The van der Waals surface area contributed by atoms with Crippen molar-refractivity contribution in [1.82, 2.24) is 24.3 Å². The van der Waals surface area contributed by atoms with Crippen molar-refractivity contribution < 1.29 is 14.0 Å². The van der Waals surface area contributed by atoms with E-state index in [0.717, 1.165) is 22.8 Å². The summed E-state index contributed by atoms with van der Waals surface area (Å²) in [6, 6.07) is 0.249. The Bertz CT molecular complexity index is 1040. The van der Waals surface area contributed by atoms with E-state index in [1.165, 1.54) is 0 Å². The van der Waals surface area contributed by atoms with Crippen molar-refractivity contribution in [2.24, 2.45) is 5.41 Å². The summed E-state index contributed by atoms with van der Waals surface area (Å²) < 4.78 is 17.0. The van der Waals surface area contributed by atoms with E-state index in [-0.39, 0.29) is 37.3 Å². The smallest absolute Gasteiger partial charge is 0.260 e. The van der Waals surface area contributed by atoms with Gasteiger partial charge in [0.05, 0.1) is 34.7 Å². The molecule has 0 bridgehead atoms. The zero-order valence-corrected chi connectivity index (χ0v) is 19.7. The second kappa shape index (κ2) is 7.64. The molecular weight excluding hydrogens is 429 g/mol. The van der Waals surface area contributed by atoms with Crippen molar-refractivity contribution in [3.05, 3.63) is 34.3 Å². The number of halogens is 1. The maximum atomic E-state index is 15.0. The van der Waals surface area contributed by atoms with Gasteiger partial charge in [-0.2, -0.15) is 0 Å². The van der Waals surface area contributed by atoms with Crippen LogP contribution >= 0.6 is 11.3 Å². The molecule has 7 nitrogen and oxygen atoms in total. The van der Waals surface area contributed by atoms with Crippen molar-refractivity contribution in [3.8, 4) is 0 Å². The van der Waals surface area contributed by atoms with Crippen LogP contribution in [0.1, 0.15) is 67.9 Å². The van der Waals surface area contributed by atoms with Crippen molar-refractivity contribution in [2.45, 2.75) is 70.6 Å². The number of likely N-dealkylation sites (tertiary alicyclic amines) is 2. The third kappa shape index (κ3) is 3.36. The van der Waals surface area contributed by atoms with E-state index < -0.39 is 17.0 Å². The maximum Gasteiger partial charge on any atom is 0.260 e. The third-order valence-electron chi connectivity index (χ3n) is 7.49. The molecule has 9 heteroatoms. The standard InChI is InChI=1S/C23H30FN5O2S/c1-15(2)29-11-19(25-14-29)18-10-28(21(31)23(24)5-4-6-23)13-22(18)7-8-27(20(22)30)9-17-12-32-16(3)26-17/h11-12,14-15,18H,4-10,13H2,1-3H3/t18-,22+/m0/s1. The molecule has 2 atom stereocenters. The molecule has 0 aromatic carbocycles. The normalized spacial score (nSPS) is 27.0. The van der Waals surface area contributed by atoms with Crippen LogP contribution in [0.3, 0.4) is 0 Å². The molecule has 3 fully saturated rings. The van der Waals surface area contributed by atoms with Crippen LogP contribution in [0.2, 0.25) is 0 Å². The van der Waals surface area contributed by atoms with Gasteiger partial charge in [-0.15, -0.1) is 11.3 Å². The highest BCUT2D eigenvalue weighted by Crippen LogP contribution is 2.51. The molecule has 172 valence electrons. The van der Waals surface area contributed by atoms with Crippen LogP contribution in [0.25, 0.3) is 0 Å². The average molecular weight is 460 g/mol. The first-order chi connectivity index (χ1) is 15.2. The minimum Gasteiger partial charge on any atom is -0.338 e. The molecule has 0 N–H and O–H groups in total. The van der Waals surface area contributed by atoms with Gasteiger partial charge in [0.25, 0.3) is 5.91 Å². The summed E-state index contributed by atoms with van der Waals surface area (Å²) in [7, 11) is 0. The van der Waals surface area contributed by atoms with Gasteiger partial charge < -0.3 is 14.4 Å². The highest BCUT2D eigenvalue weighted by atomic mass is 32.1. The fourth-order valence-electron chi connectivity index (χ4n) is 5.40. The molecule has 1 spiro atoms. The predicted molar refractivity (Wildman–Crippen MR) is 119 cm³/mol. The lowest BCUT2D eigenvalue weighted by Crippen LogP contribution is -2.50. The maximum absolute atomic E-state index is 15.0. The summed E-state index contributed by atoms with van der Waals surface area (Å²) in [6.07, 6.45) is 5.71. The first kappa shape index (κ1) is 21.6. The summed E-state index contributed by atoms with van der Waals surface area (Å²) in [6.45, 7) is 7.80. The largest absolute Gasteiger partial charge is 0.338 e. The molecular formula is C23H30FN5O2S. The van der Waals surface area contributed by atoms with Crippen LogP contribution < -0.4 is 0 Å². The Kier molecular flexibility index (Phi) is 5.15. The number of imidazole rings is 1. The van der Waals surface area contributed by atoms with E-state index in [9.17, 15) is 9.59 Å². The van der Waals surface area contributed by atoms with Crippen molar-refractivity contribution >= 4 is 23.2 Å². The molecule has 2 aromatic rings. The molecule has 0 radical (unpaired) electrons. The average Bonchev–Trinajstić information content (AvgIpc) is 3.50. The van der Waals surface area contributed by atoms with Crippen LogP contribution in [0.15, 0.2) is 17.9 Å². The van der Waals surface area contributed by atoms with Gasteiger partial charge in [0, 0.05) is 43.2 Å². The molecule has 5 rings (SSSR count). The summed E-state index contributed by atoms with van der Waals surface area (Å²) in [4.78, 5) is 39.4. The molecule has 2 saturated heterocycles. The van der Waals surface area contributed by atoms with E-state index in [0.29, 0.717) is 26.1 Å². The van der Waals surface area contributed by atoms with E-state index >= 15 is 4.39 Å². The van der Waals surface area contributed by atoms with Crippen molar-refractivity contribution in [3.63, 3.8) is 0 Å². The number of carbonyl (C=O) groups is 2. The molecule has 1 saturated carbocycles. The Morgan fingerprint density at radius 1 is 1.34 bits per heavy atom. The van der Waals surface area contributed by atoms with Gasteiger partial charge in [-0.1, -0.05) is 0 Å². The lowest BCUT2D eigenvalue weighted by Gasteiger charge is -2.35. The van der Waals surface area contributed by atoms with Crippen LogP contribution in [-0.4, -0.2) is 61.5 Å². The predicted octanol–water partition coefficient (Wildman–Crippen LogP) is 3.47. The van der Waals surface area contributed by atoms with E-state index in [2.05, 4.69) is 23.8 Å². The first-order valence-electron chi connectivity index (χ1n) is 11.4. The minimum absolute atomic E-state index is 0.0315. The Morgan fingerprint density at radius 2 is 2.12 bits per heavy atom. The number of aromatic nitrogens is 3. The molecule has 3 aliphatic rings. The van der Waals surface area contributed by atoms with Gasteiger partial charge in [-0.3, -0.25) is 9.59 Å². The van der Waals surface area contributed by atoms with Gasteiger partial charge in [0.15, 0.2) is 5.67 Å². The van der Waals surface area contributed by atoms with E-state index in [4.69, 9.17) is 0 Å². The summed E-state index contributed by atoms with van der Waals surface area (Å²) in [5.41, 5.74) is -0.805. The quantitative estimate of drug-likeness (QED) is 0.687. The summed E-state index contributed by atoms with van der Waals surface area (Å²) in [5, 5.41) is 2.97. The fourth-order valence-corrected chi connectivity index (χ4v) is 6.00. The second-order valence-electron chi connectivity index (χ2n) is 9.89. The number of hydrogen-bond donors (Lipinski definition) is 0. The minimum atomic E-state index is -1.76. The van der Waals surface area contributed by atoms with Crippen LogP contribution in [-0.2, 0) is 16.1 Å². The monoisotopic (exact) mass is 459 g/mol. The highest BCUT2D eigenvalue weighted by Gasteiger charge is 2.60. The number of nitrogens with zero attached hydrogens (tertiary/aromatic N) is 5. The fraction of sp³-hybridized carbons (Fsp3) is 0.652. The number of hydrogen-bond acceptors (Lipinski definition) is 5. The van der Waals surface area contributed by atoms with Gasteiger partial charge in [-0.25, -0.2) is 14.4 Å². The SMILES string of the molecule is Cc1nc(CN2CC[C@]3(CN(C(=O)C4(F)CCC4)C[C@H]3c3cn(C(C)C)cn3)C2=O)cs1. The second-order valence-corrected chi connectivity index (χ2v) is 10.9. The molecule has 0 unspecified atom stereocenters. The van der Waals surface area contributed by atoms with E-state index in [1.807, 2.05) is 28.0 Å². The zero-order valence-electron chi connectivity index (χ0n) is 18.9. The third-order valence-corrected chi connectivity index (χ3v) is 8.32. The molecule has 2 aromatic heterocycles. The highest BCUT2D eigenvalue weighted by molar-refractivity contribution is 7.09. The summed E-state index contributed by atoms with van der Waals surface area (Å²) in [5.74, 6) is -0.649. The van der Waals surface area contributed by atoms with Crippen molar-refractivity contribution in [2.75, 3.05) is 19.6 Å². The lowest BCUT2D eigenvalue weighted by molar-refractivity contribution is -0.149. The lowest BCUT2D eigenvalue weighted by atomic mass is 9.75. The van der Waals surface area contributed by atoms with Gasteiger partial charge in [0.1, 0.15) is 0 Å². The van der Waals surface area contributed by atoms with Gasteiger partial charge in [0.2, 0.25) is 5.91 Å². The van der Waals surface area contributed by atoms with Crippen LogP contribution in [0.4, 0.5) is 4.39 Å². The number of alkyl halides is 1. The van der Waals surface area contributed by atoms with E-state index in [1.54, 1.807) is 22.6 Å². The molecule has 4 heterocycles. The number of rotatable bonds is 5. The molecule has 2 amide bonds. The van der Waals surface area contributed by atoms with Crippen LogP contribution in [0, 0.1) is 12.3 Å². The number of thiazole rings is 1. The Labute approximate surface area is 191 Å². The number of aryl methyl sites for hydroxylation is 1. The Hall–Kier alpha value is -2.29. The molecule has 2 aliphatic heterocycles. The Balaban J connectivity index is 1.45.